The Labute approximate surface area is 365 Å². The third kappa shape index (κ3) is 12.9. The van der Waals surface area contributed by atoms with Crippen LogP contribution in [-0.2, 0) is 33.6 Å². The Morgan fingerprint density at radius 2 is 1.37 bits per heavy atom. The first-order chi connectivity index (χ1) is 29.4. The standard InChI is InChI=1S/C43H59N9O9S/c1-23(2)20-31(50-34(53)21-47-41(59)32(22-62-6)51-40(58)26(5)49-39(57)25(4)48-38(56)24(3)44)43(61)52-19-10-16-33(52)42(60)46-18-11-17-45-30-15-9-14-29-35(30)37(55)28-13-8-7-12-27(28)36(29)54/h7-9,12-15,23-26,31-33,45H,10-11,16-22,44H2,1-6H3,(H,46,60)(H,47,59)(H,48,56)(H,49,57)(H,50,53)(H,51,58)/t24-,25-,26-,31-,32-,33-/m0/s1. The van der Waals surface area contributed by atoms with Crippen LogP contribution in [0, 0.1) is 5.92 Å². The molecular formula is C43H59N9O9S. The molecule has 18 nitrogen and oxygen atoms in total. The van der Waals surface area contributed by atoms with Crippen LogP contribution in [-0.4, -0.2) is 132 Å². The average Bonchev–Trinajstić information content (AvgIpc) is 3.74. The zero-order valence-corrected chi connectivity index (χ0v) is 36.9. The van der Waals surface area contributed by atoms with Crippen LogP contribution in [0.3, 0.4) is 0 Å². The van der Waals surface area contributed by atoms with E-state index in [-0.39, 0.29) is 42.1 Å². The molecule has 1 aliphatic carbocycles. The number of carbonyl (C=O) groups excluding carboxylic acids is 9. The molecule has 1 heterocycles. The highest BCUT2D eigenvalue weighted by Gasteiger charge is 2.38. The number of amides is 7. The number of carbonyl (C=O) groups is 9. The average molecular weight is 878 g/mol. The molecule has 336 valence electrons. The van der Waals surface area contributed by atoms with E-state index >= 15 is 0 Å². The first-order valence-corrected chi connectivity index (χ1v) is 22.2. The number of nitrogens with two attached hydrogens (primary N) is 1. The van der Waals surface area contributed by atoms with Crippen molar-refractivity contribution >= 4 is 70.4 Å². The van der Waals surface area contributed by atoms with E-state index in [0.717, 1.165) is 0 Å². The Bertz CT molecular complexity index is 2030. The second kappa shape index (κ2) is 22.9. The van der Waals surface area contributed by atoms with Gasteiger partial charge in [0.15, 0.2) is 11.6 Å². The molecule has 2 aromatic carbocycles. The van der Waals surface area contributed by atoms with Gasteiger partial charge >= 0.3 is 0 Å². The van der Waals surface area contributed by atoms with Crippen molar-refractivity contribution in [3.63, 3.8) is 0 Å². The number of nitrogens with one attached hydrogen (secondary N) is 7. The molecule has 0 spiro atoms. The van der Waals surface area contributed by atoms with Gasteiger partial charge in [0.2, 0.25) is 41.4 Å². The van der Waals surface area contributed by atoms with E-state index in [9.17, 15) is 43.2 Å². The number of thioether (sulfide) groups is 1. The number of likely N-dealkylation sites (tertiary alicyclic amines) is 1. The minimum Gasteiger partial charge on any atom is -0.384 e. The number of anilines is 1. The zero-order chi connectivity index (χ0) is 45.7. The highest BCUT2D eigenvalue weighted by Crippen LogP contribution is 2.32. The van der Waals surface area contributed by atoms with Gasteiger partial charge in [0.05, 0.1) is 18.2 Å². The minimum atomic E-state index is -1.07. The van der Waals surface area contributed by atoms with Crippen molar-refractivity contribution < 1.29 is 43.2 Å². The third-order valence-electron chi connectivity index (χ3n) is 10.4. The van der Waals surface area contributed by atoms with Crippen molar-refractivity contribution in [3.05, 3.63) is 64.7 Å². The summed E-state index contributed by atoms with van der Waals surface area (Å²) in [6.07, 6.45) is 3.52. The molecule has 1 aliphatic heterocycles. The van der Waals surface area contributed by atoms with Gasteiger partial charge in [-0.1, -0.05) is 50.2 Å². The molecule has 9 N–H and O–H groups in total. The summed E-state index contributed by atoms with van der Waals surface area (Å²) in [5, 5.41) is 18.9. The van der Waals surface area contributed by atoms with Gasteiger partial charge in [0.25, 0.3) is 0 Å². The quantitative estimate of drug-likeness (QED) is 0.0669. The number of hydrogen-bond donors (Lipinski definition) is 8. The summed E-state index contributed by atoms with van der Waals surface area (Å²) in [6.45, 7) is 8.61. The SMILES string of the molecule is CSC[C@H](NC(=O)[C@H](C)NC(=O)[C@H](C)NC(=O)[C@H](C)N)C(=O)NCC(=O)N[C@@H](CC(C)C)C(=O)N1CCC[C@H]1C(=O)NCCCNc1cccc2c1C(=O)c1ccccc1C2=O. The normalized spacial score (nSPS) is 16.7. The molecule has 0 saturated carbocycles. The van der Waals surface area contributed by atoms with E-state index in [2.05, 4.69) is 37.2 Å². The van der Waals surface area contributed by atoms with Crippen LogP contribution in [0.5, 0.6) is 0 Å². The van der Waals surface area contributed by atoms with Gasteiger partial charge in [0, 0.05) is 47.8 Å². The van der Waals surface area contributed by atoms with Crippen molar-refractivity contribution in [2.24, 2.45) is 11.7 Å². The molecule has 2 aromatic rings. The number of ketones is 2. The fraction of sp³-hybridized carbons (Fsp3) is 0.512. The summed E-state index contributed by atoms with van der Waals surface area (Å²) in [6, 6.07) is 6.18. The lowest BCUT2D eigenvalue weighted by atomic mass is 9.83. The van der Waals surface area contributed by atoms with Gasteiger partial charge in [-0.15, -0.1) is 0 Å². The van der Waals surface area contributed by atoms with Gasteiger partial charge in [-0.3, -0.25) is 43.2 Å². The second-order valence-corrected chi connectivity index (χ2v) is 16.8. The molecule has 4 rings (SSSR count). The molecule has 7 amide bonds. The molecule has 19 heteroatoms. The van der Waals surface area contributed by atoms with Gasteiger partial charge < -0.3 is 47.9 Å². The predicted octanol–water partition coefficient (Wildman–Crippen LogP) is 0.223. The lowest BCUT2D eigenvalue weighted by Crippen LogP contribution is -2.57. The van der Waals surface area contributed by atoms with E-state index in [1.165, 1.54) is 37.4 Å². The van der Waals surface area contributed by atoms with E-state index in [4.69, 9.17) is 5.73 Å². The number of nitrogens with zero attached hydrogens (tertiary/aromatic N) is 1. The minimum absolute atomic E-state index is 0.00765. The molecule has 0 bridgehead atoms. The molecule has 2 aliphatic rings. The monoisotopic (exact) mass is 877 g/mol. The van der Waals surface area contributed by atoms with Crippen molar-refractivity contribution in [3.8, 4) is 0 Å². The summed E-state index contributed by atoms with van der Waals surface area (Å²) in [7, 11) is 0. The largest absolute Gasteiger partial charge is 0.384 e. The first-order valence-electron chi connectivity index (χ1n) is 20.8. The van der Waals surface area contributed by atoms with Crippen LogP contribution >= 0.6 is 11.8 Å². The fourth-order valence-electron chi connectivity index (χ4n) is 7.13. The van der Waals surface area contributed by atoms with Crippen LogP contribution in [0.25, 0.3) is 0 Å². The molecule has 0 radical (unpaired) electrons. The van der Waals surface area contributed by atoms with Crippen LogP contribution < -0.4 is 43.0 Å². The van der Waals surface area contributed by atoms with Gasteiger partial charge in [0.1, 0.15) is 30.2 Å². The molecular weight excluding hydrogens is 819 g/mol. The van der Waals surface area contributed by atoms with E-state index in [0.29, 0.717) is 60.3 Å². The van der Waals surface area contributed by atoms with Crippen molar-refractivity contribution in [2.75, 3.05) is 43.5 Å². The Balaban J connectivity index is 1.26. The Hall–Kier alpha value is -5.82. The van der Waals surface area contributed by atoms with Crippen LogP contribution in [0.2, 0.25) is 0 Å². The number of fused-ring (bicyclic) bond motifs is 2. The molecule has 0 aromatic heterocycles. The summed E-state index contributed by atoms with van der Waals surface area (Å²) in [5.41, 5.74) is 7.45. The second-order valence-electron chi connectivity index (χ2n) is 15.9. The van der Waals surface area contributed by atoms with E-state index in [1.54, 1.807) is 48.7 Å². The molecule has 1 saturated heterocycles. The number of hydrogen-bond acceptors (Lipinski definition) is 12. The van der Waals surface area contributed by atoms with Crippen molar-refractivity contribution in [1.29, 1.82) is 0 Å². The Morgan fingerprint density at radius 3 is 2.02 bits per heavy atom. The smallest absolute Gasteiger partial charge is 0.245 e. The molecule has 62 heavy (non-hydrogen) atoms. The van der Waals surface area contributed by atoms with E-state index < -0.39 is 78.2 Å². The zero-order valence-electron chi connectivity index (χ0n) is 36.1. The van der Waals surface area contributed by atoms with E-state index in [1.807, 2.05) is 13.8 Å². The van der Waals surface area contributed by atoms with Crippen molar-refractivity contribution in [2.45, 2.75) is 96.6 Å². The summed E-state index contributed by atoms with van der Waals surface area (Å²) in [5.74, 6) is -4.18. The lowest BCUT2D eigenvalue weighted by Gasteiger charge is -2.29. The third-order valence-corrected chi connectivity index (χ3v) is 11.1. The topological polar surface area (TPSA) is 267 Å². The lowest BCUT2D eigenvalue weighted by molar-refractivity contribution is -0.141. The fourth-order valence-corrected chi connectivity index (χ4v) is 7.69. The van der Waals surface area contributed by atoms with Crippen LogP contribution in [0.1, 0.15) is 92.1 Å². The van der Waals surface area contributed by atoms with Crippen LogP contribution in [0.15, 0.2) is 42.5 Å². The number of rotatable bonds is 21. The maximum atomic E-state index is 13.9. The van der Waals surface area contributed by atoms with Gasteiger partial charge in [-0.05, 0) is 64.7 Å². The molecule has 6 atom stereocenters. The van der Waals surface area contributed by atoms with Crippen molar-refractivity contribution in [1.82, 2.24) is 36.8 Å². The molecule has 0 unspecified atom stereocenters. The highest BCUT2D eigenvalue weighted by molar-refractivity contribution is 7.98. The highest BCUT2D eigenvalue weighted by atomic mass is 32.2. The maximum Gasteiger partial charge on any atom is 0.245 e. The Morgan fingerprint density at radius 1 is 0.742 bits per heavy atom. The first kappa shape index (κ1) is 48.8. The summed E-state index contributed by atoms with van der Waals surface area (Å²) >= 11 is 1.27. The maximum absolute atomic E-state index is 13.9. The van der Waals surface area contributed by atoms with Crippen LogP contribution in [0.4, 0.5) is 5.69 Å². The summed E-state index contributed by atoms with van der Waals surface area (Å²) in [4.78, 5) is 119. The predicted molar refractivity (Wildman–Crippen MR) is 234 cm³/mol. The number of benzene rings is 2. The summed E-state index contributed by atoms with van der Waals surface area (Å²) < 4.78 is 0. The molecule has 1 fully saturated rings. The van der Waals surface area contributed by atoms with Gasteiger partial charge in [-0.25, -0.2) is 0 Å². The Kier molecular flexibility index (Phi) is 18.0. The van der Waals surface area contributed by atoms with Gasteiger partial charge in [-0.2, -0.15) is 11.8 Å².